The first-order valence-electron chi connectivity index (χ1n) is 3.62. The fourth-order valence-electron chi connectivity index (χ4n) is 0.637. The molecule has 0 heterocycles. The van der Waals surface area contributed by atoms with Gasteiger partial charge in [-0.25, -0.2) is 0 Å². The van der Waals surface area contributed by atoms with E-state index in [4.69, 9.17) is 4.55 Å². The number of hydrogen-bond acceptors (Lipinski definition) is 5. The van der Waals surface area contributed by atoms with E-state index in [1.807, 2.05) is 0 Å². The summed E-state index contributed by atoms with van der Waals surface area (Å²) in [6.45, 7) is 0. The molecule has 0 unspecified atom stereocenters. The minimum Gasteiger partial charge on any atom is -0.281 e. The Morgan fingerprint density at radius 2 is 1.26 bits per heavy atom. The highest BCUT2D eigenvalue weighted by molar-refractivity contribution is 7.91. The van der Waals surface area contributed by atoms with Crippen molar-refractivity contribution < 1.29 is 52.5 Å². The fourth-order valence-corrected chi connectivity index (χ4v) is 1.89. The summed E-state index contributed by atoms with van der Waals surface area (Å²) in [6.07, 6.45) is -1.04. The Morgan fingerprint density at radius 3 is 1.53 bits per heavy atom. The van der Waals surface area contributed by atoms with Gasteiger partial charge in [0.15, 0.2) is 0 Å². The Bertz CT molecular complexity index is 567. The Morgan fingerprint density at radius 1 is 0.895 bits per heavy atom. The van der Waals surface area contributed by atoms with Gasteiger partial charge in [-0.2, -0.15) is 43.2 Å². The Hall–Kier alpha value is -1.09. The average molecular weight is 339 g/mol. The lowest BCUT2D eigenvalue weighted by atomic mass is 10.3. The number of hydrogen-bond donors (Lipinski definition) is 2. The standard InChI is InChI=1S/C4H3F6NO6S2/c5-2(6,4(9,10)19(15,16)17)3(7,8)18(13,14)11-1-12/h1H,(H,11,12)(H,15,16,17). The van der Waals surface area contributed by atoms with Crippen LogP contribution in [-0.4, -0.2) is 44.2 Å². The number of rotatable bonds is 6. The highest BCUT2D eigenvalue weighted by atomic mass is 32.2. The lowest BCUT2D eigenvalue weighted by Crippen LogP contribution is -2.62. The SMILES string of the molecule is O=CNS(=O)(=O)C(F)(F)C(F)(F)C(F)(F)S(=O)(=O)O. The smallest absolute Gasteiger partial charge is 0.281 e. The molecule has 0 aliphatic heterocycles. The Labute approximate surface area is 101 Å². The molecule has 0 bridgehead atoms. The molecule has 0 aliphatic rings. The summed E-state index contributed by atoms with van der Waals surface area (Å²) >= 11 is 0. The quantitative estimate of drug-likeness (QED) is 0.392. The summed E-state index contributed by atoms with van der Waals surface area (Å²) in [5.74, 6) is -7.05. The zero-order valence-electron chi connectivity index (χ0n) is 8.15. The van der Waals surface area contributed by atoms with Gasteiger partial charge < -0.3 is 0 Å². The molecule has 19 heavy (non-hydrogen) atoms. The first kappa shape index (κ1) is 17.9. The second-order valence-corrected chi connectivity index (χ2v) is 6.04. The summed E-state index contributed by atoms with van der Waals surface area (Å²) in [4.78, 5) is 9.62. The number of sulfonamides is 1. The molecular weight excluding hydrogens is 336 g/mol. The monoisotopic (exact) mass is 339 g/mol. The van der Waals surface area contributed by atoms with Gasteiger partial charge in [0.1, 0.15) is 0 Å². The second-order valence-electron chi connectivity index (χ2n) is 2.82. The molecule has 0 aromatic carbocycles. The van der Waals surface area contributed by atoms with Crippen molar-refractivity contribution in [1.29, 1.82) is 0 Å². The van der Waals surface area contributed by atoms with Crippen molar-refractivity contribution in [3.8, 4) is 0 Å². The minimum absolute atomic E-state index is 0.144. The lowest BCUT2D eigenvalue weighted by Gasteiger charge is -2.29. The third kappa shape index (κ3) is 2.48. The molecule has 7 nitrogen and oxygen atoms in total. The van der Waals surface area contributed by atoms with Gasteiger partial charge in [0.25, 0.3) is 0 Å². The summed E-state index contributed by atoms with van der Waals surface area (Å²) in [5, 5.41) is -13.5. The second kappa shape index (κ2) is 4.48. The highest BCUT2D eigenvalue weighted by Gasteiger charge is 2.82. The van der Waals surface area contributed by atoms with Crippen LogP contribution in [0.25, 0.3) is 0 Å². The molecule has 114 valence electrons. The van der Waals surface area contributed by atoms with Crippen molar-refractivity contribution in [3.63, 3.8) is 0 Å². The van der Waals surface area contributed by atoms with E-state index in [9.17, 15) is 48.0 Å². The highest BCUT2D eigenvalue weighted by Crippen LogP contribution is 2.50. The first-order valence-corrected chi connectivity index (χ1v) is 6.54. The van der Waals surface area contributed by atoms with E-state index >= 15 is 0 Å². The number of halogens is 6. The fraction of sp³-hybridized carbons (Fsp3) is 0.750. The molecule has 2 N–H and O–H groups in total. The molecular formula is C4H3F6NO6S2. The number of nitrogens with one attached hydrogen (secondary N) is 1. The Balaban J connectivity index is 6.14. The van der Waals surface area contributed by atoms with Crippen LogP contribution in [0.1, 0.15) is 0 Å². The molecule has 0 spiro atoms. The van der Waals surface area contributed by atoms with Crippen LogP contribution in [0.15, 0.2) is 0 Å². The maximum absolute atomic E-state index is 12.8. The third-order valence-corrected chi connectivity index (χ3v) is 3.84. The molecule has 0 aliphatic carbocycles. The van der Waals surface area contributed by atoms with Gasteiger partial charge in [-0.1, -0.05) is 0 Å². The van der Waals surface area contributed by atoms with Crippen LogP contribution in [0.2, 0.25) is 0 Å². The molecule has 0 radical (unpaired) electrons. The van der Waals surface area contributed by atoms with Crippen LogP contribution >= 0.6 is 0 Å². The largest absolute Gasteiger partial charge is 0.439 e. The van der Waals surface area contributed by atoms with E-state index < -0.39 is 43.0 Å². The van der Waals surface area contributed by atoms with Gasteiger partial charge in [0.05, 0.1) is 0 Å². The van der Waals surface area contributed by atoms with Crippen molar-refractivity contribution in [1.82, 2.24) is 4.72 Å². The van der Waals surface area contributed by atoms with E-state index in [1.165, 1.54) is 0 Å². The molecule has 0 fully saturated rings. The van der Waals surface area contributed by atoms with Gasteiger partial charge >= 0.3 is 36.6 Å². The van der Waals surface area contributed by atoms with Crippen LogP contribution < -0.4 is 4.72 Å². The molecule has 0 saturated carbocycles. The molecule has 0 aromatic rings. The predicted octanol–water partition coefficient (Wildman–Crippen LogP) is -0.229. The maximum atomic E-state index is 12.8. The van der Waals surface area contributed by atoms with Gasteiger partial charge in [0, 0.05) is 0 Å². The zero-order valence-corrected chi connectivity index (χ0v) is 9.78. The first-order chi connectivity index (χ1) is 8.06. The normalized spacial score (nSPS) is 15.1. The van der Waals surface area contributed by atoms with E-state index in [0.29, 0.717) is 0 Å². The van der Waals surface area contributed by atoms with Crippen molar-refractivity contribution in [2.75, 3.05) is 0 Å². The van der Waals surface area contributed by atoms with E-state index in [-0.39, 0.29) is 4.72 Å². The summed E-state index contributed by atoms with van der Waals surface area (Å²) in [5.41, 5.74) is 0. The van der Waals surface area contributed by atoms with Crippen LogP contribution in [0.4, 0.5) is 26.3 Å². The molecule has 0 rings (SSSR count). The molecule has 0 aromatic heterocycles. The van der Waals surface area contributed by atoms with Crippen LogP contribution in [0, 0.1) is 0 Å². The van der Waals surface area contributed by atoms with Crippen LogP contribution in [0.5, 0.6) is 0 Å². The molecule has 1 amide bonds. The van der Waals surface area contributed by atoms with Crippen molar-refractivity contribution >= 4 is 26.6 Å². The molecule has 0 saturated heterocycles. The lowest BCUT2D eigenvalue weighted by molar-refractivity contribution is -0.245. The van der Waals surface area contributed by atoms with Crippen molar-refractivity contribution in [2.45, 2.75) is 16.4 Å². The third-order valence-electron chi connectivity index (χ3n) is 1.60. The van der Waals surface area contributed by atoms with Crippen LogP contribution in [-0.2, 0) is 24.9 Å². The molecule has 15 heteroatoms. The number of amides is 1. The van der Waals surface area contributed by atoms with E-state index in [2.05, 4.69) is 0 Å². The van der Waals surface area contributed by atoms with Gasteiger partial charge in [-0.3, -0.25) is 14.1 Å². The van der Waals surface area contributed by atoms with E-state index in [1.54, 1.807) is 0 Å². The average Bonchev–Trinajstić information content (AvgIpc) is 2.14. The van der Waals surface area contributed by atoms with Gasteiger partial charge in [-0.15, -0.1) is 0 Å². The summed E-state index contributed by atoms with van der Waals surface area (Å²) < 4.78 is 125. The topological polar surface area (TPSA) is 118 Å². The summed E-state index contributed by atoms with van der Waals surface area (Å²) in [7, 11) is -13.7. The van der Waals surface area contributed by atoms with Crippen LogP contribution in [0.3, 0.4) is 0 Å². The van der Waals surface area contributed by atoms with Crippen molar-refractivity contribution in [3.05, 3.63) is 0 Å². The predicted molar refractivity (Wildman–Crippen MR) is 44.5 cm³/mol. The van der Waals surface area contributed by atoms with Gasteiger partial charge in [-0.05, 0) is 0 Å². The maximum Gasteiger partial charge on any atom is 0.439 e. The van der Waals surface area contributed by atoms with Gasteiger partial charge in [0.2, 0.25) is 6.41 Å². The number of alkyl halides is 6. The van der Waals surface area contributed by atoms with E-state index in [0.717, 1.165) is 0 Å². The Kier molecular flexibility index (Phi) is 4.22. The molecule has 0 atom stereocenters. The number of carbonyl (C=O) groups is 1. The van der Waals surface area contributed by atoms with Crippen molar-refractivity contribution in [2.24, 2.45) is 0 Å². The zero-order chi connectivity index (χ0) is 15.9. The minimum atomic E-state index is -7.06. The summed E-state index contributed by atoms with van der Waals surface area (Å²) in [6, 6.07) is 0. The number of carbonyl (C=O) groups excluding carboxylic acids is 1.